The molecule has 0 atom stereocenters. The van der Waals surface area contributed by atoms with Crippen LogP contribution in [-0.2, 0) is 4.74 Å². The molecule has 0 aliphatic carbocycles. The lowest BCUT2D eigenvalue weighted by Crippen LogP contribution is -1.88. The van der Waals surface area contributed by atoms with Crippen molar-refractivity contribution in [3.63, 3.8) is 0 Å². The Morgan fingerprint density at radius 1 is 0.800 bits per heavy atom. The molecule has 0 spiro atoms. The highest BCUT2D eigenvalue weighted by Crippen LogP contribution is 2.10. The standard InChI is InChI=1S/C13H25NO/c1-2-3-4-5-6-7-8-9-10-11-12-15-13-14/h2-12H2,1H3. The third-order valence-electron chi connectivity index (χ3n) is 2.66. The fourth-order valence-electron chi connectivity index (χ4n) is 1.71. The third kappa shape index (κ3) is 13.3. The van der Waals surface area contributed by atoms with Crippen LogP contribution in [0.1, 0.15) is 71.1 Å². The molecule has 0 radical (unpaired) electrons. The topological polar surface area (TPSA) is 33.0 Å². The Morgan fingerprint density at radius 2 is 1.27 bits per heavy atom. The van der Waals surface area contributed by atoms with E-state index in [1.54, 1.807) is 6.26 Å². The summed E-state index contributed by atoms with van der Waals surface area (Å²) in [6.45, 7) is 2.86. The highest BCUT2D eigenvalue weighted by Gasteiger charge is 1.92. The maximum Gasteiger partial charge on any atom is 0.286 e. The number of hydrogen-bond acceptors (Lipinski definition) is 2. The van der Waals surface area contributed by atoms with Crippen LogP contribution >= 0.6 is 0 Å². The molecule has 0 aromatic heterocycles. The van der Waals surface area contributed by atoms with E-state index in [1.165, 1.54) is 57.8 Å². The van der Waals surface area contributed by atoms with Crippen LogP contribution in [-0.4, -0.2) is 6.61 Å². The Labute approximate surface area is 94.6 Å². The van der Waals surface area contributed by atoms with E-state index in [9.17, 15) is 0 Å². The van der Waals surface area contributed by atoms with Crippen LogP contribution < -0.4 is 0 Å². The molecule has 0 rings (SSSR count). The van der Waals surface area contributed by atoms with Crippen molar-refractivity contribution in [1.29, 1.82) is 5.26 Å². The van der Waals surface area contributed by atoms with Gasteiger partial charge in [0.2, 0.25) is 0 Å². The summed E-state index contributed by atoms with van der Waals surface area (Å²) in [6, 6.07) is 0. The summed E-state index contributed by atoms with van der Waals surface area (Å²) < 4.78 is 4.61. The molecule has 0 amide bonds. The minimum Gasteiger partial charge on any atom is -0.428 e. The largest absolute Gasteiger partial charge is 0.428 e. The molecule has 0 saturated carbocycles. The molecule has 0 aromatic carbocycles. The lowest BCUT2D eigenvalue weighted by molar-refractivity contribution is 0.260. The number of hydrogen-bond donors (Lipinski definition) is 0. The summed E-state index contributed by atoms with van der Waals surface area (Å²) >= 11 is 0. The summed E-state index contributed by atoms with van der Waals surface area (Å²) in [4.78, 5) is 0. The predicted octanol–water partition coefficient (Wildman–Crippen LogP) is 4.40. The molecular weight excluding hydrogens is 186 g/mol. The molecule has 0 heterocycles. The van der Waals surface area contributed by atoms with Crippen LogP contribution in [0.2, 0.25) is 0 Å². The zero-order chi connectivity index (χ0) is 11.2. The molecule has 2 heteroatoms. The van der Waals surface area contributed by atoms with Crippen molar-refractivity contribution >= 4 is 0 Å². The highest BCUT2D eigenvalue weighted by atomic mass is 16.5. The van der Waals surface area contributed by atoms with Gasteiger partial charge in [0, 0.05) is 0 Å². The number of nitrogens with zero attached hydrogens (tertiary/aromatic N) is 1. The minimum atomic E-state index is 0.604. The first kappa shape index (κ1) is 14.3. The van der Waals surface area contributed by atoms with Gasteiger partial charge in [-0.25, -0.2) is 0 Å². The van der Waals surface area contributed by atoms with Crippen molar-refractivity contribution in [2.45, 2.75) is 71.1 Å². The molecule has 0 aromatic rings. The van der Waals surface area contributed by atoms with Crippen LogP contribution in [0.3, 0.4) is 0 Å². The van der Waals surface area contributed by atoms with Crippen LogP contribution in [0, 0.1) is 11.5 Å². The van der Waals surface area contributed by atoms with Gasteiger partial charge >= 0.3 is 0 Å². The van der Waals surface area contributed by atoms with E-state index in [4.69, 9.17) is 5.26 Å². The van der Waals surface area contributed by atoms with Gasteiger partial charge in [-0.3, -0.25) is 0 Å². The van der Waals surface area contributed by atoms with Crippen molar-refractivity contribution in [3.05, 3.63) is 0 Å². The Bertz CT molecular complexity index is 151. The van der Waals surface area contributed by atoms with Gasteiger partial charge in [-0.2, -0.15) is 5.26 Å². The second kappa shape index (κ2) is 13.3. The van der Waals surface area contributed by atoms with Gasteiger partial charge in [-0.05, 0) is 6.42 Å². The van der Waals surface area contributed by atoms with Crippen LogP contribution in [0.5, 0.6) is 0 Å². The maximum absolute atomic E-state index is 8.14. The zero-order valence-electron chi connectivity index (χ0n) is 10.1. The van der Waals surface area contributed by atoms with E-state index in [2.05, 4.69) is 11.7 Å². The fraction of sp³-hybridized carbons (Fsp3) is 0.923. The maximum atomic E-state index is 8.14. The molecule has 0 N–H and O–H groups in total. The molecule has 0 aliphatic heterocycles. The normalized spacial score (nSPS) is 9.87. The van der Waals surface area contributed by atoms with E-state index in [0.717, 1.165) is 6.42 Å². The Balaban J connectivity index is 2.84. The molecule has 0 aliphatic rings. The second-order valence-corrected chi connectivity index (χ2v) is 4.12. The molecule has 0 fully saturated rings. The Morgan fingerprint density at radius 3 is 1.73 bits per heavy atom. The number of nitriles is 1. The quantitative estimate of drug-likeness (QED) is 0.375. The highest BCUT2D eigenvalue weighted by molar-refractivity contribution is 4.50. The molecule has 2 nitrogen and oxygen atoms in total. The summed E-state index contributed by atoms with van der Waals surface area (Å²) in [5, 5.41) is 8.14. The van der Waals surface area contributed by atoms with Gasteiger partial charge in [0.25, 0.3) is 6.26 Å². The van der Waals surface area contributed by atoms with Crippen molar-refractivity contribution in [3.8, 4) is 6.26 Å². The number of ether oxygens (including phenoxy) is 1. The van der Waals surface area contributed by atoms with E-state index in [-0.39, 0.29) is 0 Å². The first-order valence-corrected chi connectivity index (χ1v) is 6.42. The summed E-state index contributed by atoms with van der Waals surface area (Å²) in [6.07, 6.45) is 14.9. The molecule has 0 saturated heterocycles. The molecule has 15 heavy (non-hydrogen) atoms. The van der Waals surface area contributed by atoms with Gasteiger partial charge < -0.3 is 4.74 Å². The predicted molar refractivity (Wildman–Crippen MR) is 63.4 cm³/mol. The van der Waals surface area contributed by atoms with Gasteiger partial charge in [0.15, 0.2) is 0 Å². The molecule has 0 unspecified atom stereocenters. The average molecular weight is 211 g/mol. The van der Waals surface area contributed by atoms with E-state index in [0.29, 0.717) is 6.61 Å². The van der Waals surface area contributed by atoms with Crippen LogP contribution in [0.4, 0.5) is 0 Å². The molecular formula is C13H25NO. The van der Waals surface area contributed by atoms with Crippen molar-refractivity contribution in [1.82, 2.24) is 0 Å². The van der Waals surface area contributed by atoms with Gasteiger partial charge in [0.05, 0.1) is 0 Å². The van der Waals surface area contributed by atoms with Crippen LogP contribution in [0.15, 0.2) is 0 Å². The number of unbranched alkanes of at least 4 members (excludes halogenated alkanes) is 9. The van der Waals surface area contributed by atoms with Gasteiger partial charge in [-0.15, -0.1) is 0 Å². The Hall–Kier alpha value is -0.710. The minimum absolute atomic E-state index is 0.604. The molecule has 88 valence electrons. The summed E-state index contributed by atoms with van der Waals surface area (Å²) in [5.41, 5.74) is 0. The van der Waals surface area contributed by atoms with Crippen molar-refractivity contribution < 1.29 is 4.74 Å². The van der Waals surface area contributed by atoms with Crippen LogP contribution in [0.25, 0.3) is 0 Å². The monoisotopic (exact) mass is 211 g/mol. The van der Waals surface area contributed by atoms with Crippen molar-refractivity contribution in [2.24, 2.45) is 0 Å². The summed E-state index contributed by atoms with van der Waals surface area (Å²) in [5.74, 6) is 0. The lowest BCUT2D eigenvalue weighted by atomic mass is 10.1. The van der Waals surface area contributed by atoms with Gasteiger partial charge in [0.1, 0.15) is 6.61 Å². The van der Waals surface area contributed by atoms with E-state index in [1.807, 2.05) is 0 Å². The first-order chi connectivity index (χ1) is 7.41. The fourth-order valence-corrected chi connectivity index (χ4v) is 1.71. The van der Waals surface area contributed by atoms with Crippen molar-refractivity contribution in [2.75, 3.05) is 6.61 Å². The smallest absolute Gasteiger partial charge is 0.286 e. The third-order valence-corrected chi connectivity index (χ3v) is 2.66. The summed E-state index contributed by atoms with van der Waals surface area (Å²) in [7, 11) is 0. The lowest BCUT2D eigenvalue weighted by Gasteiger charge is -2.01. The van der Waals surface area contributed by atoms with E-state index < -0.39 is 0 Å². The average Bonchev–Trinajstić information content (AvgIpc) is 2.26. The SMILES string of the molecule is CCCCCCCCCCCCOC#N. The number of rotatable bonds is 11. The first-order valence-electron chi connectivity index (χ1n) is 6.42. The van der Waals surface area contributed by atoms with E-state index >= 15 is 0 Å². The Kier molecular flexibility index (Phi) is 12.7. The second-order valence-electron chi connectivity index (χ2n) is 4.12. The van der Waals surface area contributed by atoms with Gasteiger partial charge in [-0.1, -0.05) is 64.7 Å². The molecule has 0 bridgehead atoms. The zero-order valence-corrected chi connectivity index (χ0v) is 10.1.